The molecule has 0 unspecified atom stereocenters. The van der Waals surface area contributed by atoms with E-state index in [-0.39, 0.29) is 10.8 Å². The van der Waals surface area contributed by atoms with Crippen LogP contribution in [-0.2, 0) is 11.2 Å². The number of rotatable bonds is 3. The van der Waals surface area contributed by atoms with Crippen molar-refractivity contribution in [2.75, 3.05) is 7.11 Å². The second kappa shape index (κ2) is 5.96. The molecule has 0 radical (unpaired) electrons. The van der Waals surface area contributed by atoms with Crippen LogP contribution in [0.5, 0.6) is 5.75 Å². The lowest BCUT2D eigenvalue weighted by Gasteiger charge is -2.57. The fourth-order valence-corrected chi connectivity index (χ4v) is 5.38. The fraction of sp³-hybridized carbons (Fsp3) is 0.667. The Bertz CT molecular complexity index is 593. The molecule has 2 fully saturated rings. The maximum Gasteiger partial charge on any atom is 0.139 e. The molecule has 0 amide bonds. The van der Waals surface area contributed by atoms with Gasteiger partial charge in [-0.1, -0.05) is 39.0 Å². The van der Waals surface area contributed by atoms with Crippen LogP contribution in [0, 0.1) is 22.7 Å². The molecule has 0 bridgehead atoms. The maximum absolute atomic E-state index is 12.7. The number of benzene rings is 1. The Labute approximate surface area is 140 Å². The van der Waals surface area contributed by atoms with E-state index in [1.165, 1.54) is 12.0 Å². The van der Waals surface area contributed by atoms with E-state index in [1.807, 2.05) is 6.07 Å². The molecule has 2 aliphatic carbocycles. The van der Waals surface area contributed by atoms with Gasteiger partial charge < -0.3 is 4.74 Å². The Morgan fingerprint density at radius 3 is 2.70 bits per heavy atom. The summed E-state index contributed by atoms with van der Waals surface area (Å²) in [7, 11) is 1.75. The van der Waals surface area contributed by atoms with Crippen molar-refractivity contribution in [2.45, 2.75) is 59.3 Å². The summed E-state index contributed by atoms with van der Waals surface area (Å²) in [5, 5.41) is 0. The third kappa shape index (κ3) is 2.60. The van der Waals surface area contributed by atoms with E-state index in [4.69, 9.17) is 4.74 Å². The van der Waals surface area contributed by atoms with Gasteiger partial charge in [0.1, 0.15) is 11.5 Å². The minimum absolute atomic E-state index is 0.110. The van der Waals surface area contributed by atoms with E-state index in [0.717, 1.165) is 37.9 Å². The molecule has 2 aliphatic rings. The highest BCUT2D eigenvalue weighted by atomic mass is 16.5. The smallest absolute Gasteiger partial charge is 0.139 e. The van der Waals surface area contributed by atoms with Crippen molar-refractivity contribution in [1.82, 2.24) is 0 Å². The van der Waals surface area contributed by atoms with Gasteiger partial charge in [0.05, 0.1) is 7.11 Å². The number of para-hydroxylation sites is 1. The minimum Gasteiger partial charge on any atom is -0.496 e. The zero-order chi connectivity index (χ0) is 16.7. The average molecular weight is 314 g/mol. The number of fused-ring (bicyclic) bond motifs is 1. The van der Waals surface area contributed by atoms with Crippen LogP contribution in [0.15, 0.2) is 24.3 Å². The second-order valence-electron chi connectivity index (χ2n) is 8.22. The van der Waals surface area contributed by atoms with Crippen LogP contribution in [0.25, 0.3) is 0 Å². The van der Waals surface area contributed by atoms with E-state index in [1.54, 1.807) is 7.11 Å². The first kappa shape index (κ1) is 16.5. The molecule has 2 saturated carbocycles. The lowest BCUT2D eigenvalue weighted by Crippen LogP contribution is -2.54. The SMILES string of the molecule is COc1ccccc1C[C@]1(C)[C@@H](C)CC[C@]2(C)C(=O)CCC[C@@H]12. The molecule has 23 heavy (non-hydrogen) atoms. The standard InChI is InChI=1S/C21H30O2/c1-15-12-13-20(2)18(10-7-11-19(20)22)21(15,3)14-16-8-5-6-9-17(16)23-4/h5-6,8-9,15,18H,7,10-14H2,1-4H3/t15-,18+,20-,21+/m0/s1. The van der Waals surface area contributed by atoms with Gasteiger partial charge in [-0.05, 0) is 61.0 Å². The zero-order valence-electron chi connectivity index (χ0n) is 15.0. The zero-order valence-corrected chi connectivity index (χ0v) is 15.0. The van der Waals surface area contributed by atoms with Crippen LogP contribution in [0.2, 0.25) is 0 Å². The van der Waals surface area contributed by atoms with Crippen molar-refractivity contribution in [3.63, 3.8) is 0 Å². The summed E-state index contributed by atoms with van der Waals surface area (Å²) in [5.74, 6) is 2.61. The van der Waals surface area contributed by atoms with Crippen molar-refractivity contribution in [3.05, 3.63) is 29.8 Å². The van der Waals surface area contributed by atoms with Crippen LogP contribution in [-0.4, -0.2) is 12.9 Å². The topological polar surface area (TPSA) is 26.3 Å². The number of carbonyl (C=O) groups excluding carboxylic acids is 1. The molecule has 1 aromatic rings. The number of ketones is 1. The highest BCUT2D eigenvalue weighted by molar-refractivity contribution is 5.85. The monoisotopic (exact) mass is 314 g/mol. The first-order valence-electron chi connectivity index (χ1n) is 9.07. The van der Waals surface area contributed by atoms with Crippen LogP contribution in [0.3, 0.4) is 0 Å². The molecule has 4 atom stereocenters. The third-order valence-corrected chi connectivity index (χ3v) is 7.09. The van der Waals surface area contributed by atoms with Gasteiger partial charge in [-0.3, -0.25) is 4.79 Å². The molecular formula is C21H30O2. The van der Waals surface area contributed by atoms with Gasteiger partial charge in [-0.2, -0.15) is 0 Å². The van der Waals surface area contributed by atoms with Crippen molar-refractivity contribution in [1.29, 1.82) is 0 Å². The summed E-state index contributed by atoms with van der Waals surface area (Å²) in [6.07, 6.45) is 6.27. The lowest BCUT2D eigenvalue weighted by molar-refractivity contribution is -0.148. The third-order valence-electron chi connectivity index (χ3n) is 7.09. The predicted octanol–water partition coefficient (Wildman–Crippen LogP) is 5.05. The van der Waals surface area contributed by atoms with Gasteiger partial charge in [0.15, 0.2) is 0 Å². The van der Waals surface area contributed by atoms with Gasteiger partial charge in [0.2, 0.25) is 0 Å². The molecule has 0 spiro atoms. The Hall–Kier alpha value is -1.31. The number of methoxy groups -OCH3 is 1. The minimum atomic E-state index is -0.110. The largest absolute Gasteiger partial charge is 0.496 e. The number of Topliss-reactive ketones (excluding diaryl/α,β-unsaturated/α-hetero) is 1. The van der Waals surface area contributed by atoms with E-state index < -0.39 is 0 Å². The molecule has 0 heterocycles. The van der Waals surface area contributed by atoms with Gasteiger partial charge in [-0.15, -0.1) is 0 Å². The molecule has 0 N–H and O–H groups in total. The summed E-state index contributed by atoms with van der Waals surface area (Å²) in [4.78, 5) is 12.7. The summed E-state index contributed by atoms with van der Waals surface area (Å²) in [6.45, 7) is 7.05. The van der Waals surface area contributed by atoms with Crippen molar-refractivity contribution in [2.24, 2.45) is 22.7 Å². The highest BCUT2D eigenvalue weighted by Crippen LogP contribution is 2.59. The van der Waals surface area contributed by atoms with E-state index in [2.05, 4.69) is 39.0 Å². The molecule has 0 aromatic heterocycles. The number of carbonyl (C=O) groups is 1. The molecule has 2 nitrogen and oxygen atoms in total. The Morgan fingerprint density at radius 1 is 1.22 bits per heavy atom. The van der Waals surface area contributed by atoms with Crippen molar-refractivity contribution in [3.8, 4) is 5.75 Å². The quantitative estimate of drug-likeness (QED) is 0.780. The van der Waals surface area contributed by atoms with Crippen LogP contribution >= 0.6 is 0 Å². The predicted molar refractivity (Wildman–Crippen MR) is 93.7 cm³/mol. The van der Waals surface area contributed by atoms with E-state index in [0.29, 0.717) is 17.6 Å². The van der Waals surface area contributed by atoms with Crippen molar-refractivity contribution < 1.29 is 9.53 Å². The summed E-state index contributed by atoms with van der Waals surface area (Å²) in [6, 6.07) is 8.37. The van der Waals surface area contributed by atoms with Crippen LogP contribution < -0.4 is 4.74 Å². The molecule has 0 aliphatic heterocycles. The number of ether oxygens (including phenoxy) is 1. The van der Waals surface area contributed by atoms with Gasteiger partial charge in [-0.25, -0.2) is 0 Å². The Balaban J connectivity index is 1.98. The fourth-order valence-electron chi connectivity index (χ4n) is 5.38. The summed E-state index contributed by atoms with van der Waals surface area (Å²) in [5.41, 5.74) is 1.34. The highest BCUT2D eigenvalue weighted by Gasteiger charge is 2.56. The van der Waals surface area contributed by atoms with Crippen molar-refractivity contribution >= 4 is 5.78 Å². The second-order valence-corrected chi connectivity index (χ2v) is 8.22. The lowest BCUT2D eigenvalue weighted by atomic mass is 9.46. The Kier molecular flexibility index (Phi) is 4.29. The average Bonchev–Trinajstić information content (AvgIpc) is 2.54. The van der Waals surface area contributed by atoms with Crippen LogP contribution in [0.4, 0.5) is 0 Å². The molecular weight excluding hydrogens is 284 g/mol. The molecule has 126 valence electrons. The van der Waals surface area contributed by atoms with Gasteiger partial charge in [0, 0.05) is 11.8 Å². The summed E-state index contributed by atoms with van der Waals surface area (Å²) >= 11 is 0. The van der Waals surface area contributed by atoms with E-state index >= 15 is 0 Å². The summed E-state index contributed by atoms with van der Waals surface area (Å²) < 4.78 is 5.58. The first-order valence-corrected chi connectivity index (χ1v) is 9.07. The molecule has 3 rings (SSSR count). The molecule has 2 heteroatoms. The van der Waals surface area contributed by atoms with Crippen LogP contribution in [0.1, 0.15) is 58.4 Å². The number of hydrogen-bond donors (Lipinski definition) is 0. The van der Waals surface area contributed by atoms with Gasteiger partial charge in [0.25, 0.3) is 0 Å². The maximum atomic E-state index is 12.7. The van der Waals surface area contributed by atoms with E-state index in [9.17, 15) is 4.79 Å². The molecule has 0 saturated heterocycles. The molecule has 1 aromatic carbocycles. The number of hydrogen-bond acceptors (Lipinski definition) is 2. The van der Waals surface area contributed by atoms with Gasteiger partial charge >= 0.3 is 0 Å². The Morgan fingerprint density at radius 2 is 1.96 bits per heavy atom. The first-order chi connectivity index (χ1) is 10.9. The normalized spacial score (nSPS) is 37.3.